The average Bonchev–Trinajstić information content (AvgIpc) is 2.11. The van der Waals surface area contributed by atoms with Crippen molar-refractivity contribution >= 4 is 5.91 Å². The molecule has 1 atom stereocenters. The summed E-state index contributed by atoms with van der Waals surface area (Å²) in [5.74, 6) is 0.331. The number of carbonyl (C=O) groups is 1. The maximum absolute atomic E-state index is 11.4. The quantitative estimate of drug-likeness (QED) is 0.499. The summed E-state index contributed by atoms with van der Waals surface area (Å²) in [5.41, 5.74) is 6.52. The van der Waals surface area contributed by atoms with Crippen molar-refractivity contribution in [2.75, 3.05) is 13.1 Å². The van der Waals surface area contributed by atoms with E-state index >= 15 is 0 Å². The zero-order valence-electron chi connectivity index (χ0n) is 8.01. The Morgan fingerprint density at radius 2 is 2.31 bits per heavy atom. The van der Waals surface area contributed by atoms with Crippen LogP contribution in [0.5, 0.6) is 0 Å². The molecule has 3 heteroatoms. The lowest BCUT2D eigenvalue weighted by molar-refractivity contribution is -0.125. The lowest BCUT2D eigenvalue weighted by atomic mass is 9.91. The SMILES string of the molecule is C=C1CNC(=O)C(CCCCN)C1. The number of rotatable bonds is 4. The molecule has 3 nitrogen and oxygen atoms in total. The van der Waals surface area contributed by atoms with Gasteiger partial charge in [-0.05, 0) is 25.8 Å². The summed E-state index contributed by atoms with van der Waals surface area (Å²) in [7, 11) is 0. The minimum Gasteiger partial charge on any atom is -0.352 e. The van der Waals surface area contributed by atoms with Crippen LogP contribution in [-0.2, 0) is 4.79 Å². The number of nitrogens with two attached hydrogens (primary N) is 1. The molecule has 0 aromatic carbocycles. The van der Waals surface area contributed by atoms with E-state index in [1.807, 2.05) is 0 Å². The van der Waals surface area contributed by atoms with E-state index in [2.05, 4.69) is 11.9 Å². The van der Waals surface area contributed by atoms with Gasteiger partial charge in [-0.25, -0.2) is 0 Å². The third-order valence-corrected chi connectivity index (χ3v) is 2.43. The van der Waals surface area contributed by atoms with Gasteiger partial charge >= 0.3 is 0 Å². The van der Waals surface area contributed by atoms with Crippen molar-refractivity contribution in [1.82, 2.24) is 5.32 Å². The molecule has 1 fully saturated rings. The molecule has 0 aromatic heterocycles. The number of hydrogen-bond donors (Lipinski definition) is 2. The van der Waals surface area contributed by atoms with E-state index in [1.54, 1.807) is 0 Å². The Balaban J connectivity index is 2.29. The molecule has 0 aliphatic carbocycles. The zero-order valence-corrected chi connectivity index (χ0v) is 8.01. The highest BCUT2D eigenvalue weighted by atomic mass is 16.1. The maximum Gasteiger partial charge on any atom is 0.223 e. The van der Waals surface area contributed by atoms with Gasteiger partial charge in [-0.1, -0.05) is 18.6 Å². The van der Waals surface area contributed by atoms with Gasteiger partial charge in [0.2, 0.25) is 5.91 Å². The fraction of sp³-hybridized carbons (Fsp3) is 0.700. The summed E-state index contributed by atoms with van der Waals surface area (Å²) >= 11 is 0. The number of nitrogens with one attached hydrogen (secondary N) is 1. The van der Waals surface area contributed by atoms with Gasteiger partial charge in [0.1, 0.15) is 0 Å². The third kappa shape index (κ3) is 3.19. The minimum atomic E-state index is 0.146. The van der Waals surface area contributed by atoms with E-state index in [1.165, 1.54) is 0 Å². The van der Waals surface area contributed by atoms with Gasteiger partial charge in [0, 0.05) is 12.5 Å². The minimum absolute atomic E-state index is 0.146. The third-order valence-electron chi connectivity index (χ3n) is 2.43. The predicted molar refractivity (Wildman–Crippen MR) is 53.2 cm³/mol. The van der Waals surface area contributed by atoms with Gasteiger partial charge in [-0.2, -0.15) is 0 Å². The maximum atomic E-state index is 11.4. The van der Waals surface area contributed by atoms with Crippen LogP contribution in [0.4, 0.5) is 0 Å². The molecule has 13 heavy (non-hydrogen) atoms. The van der Waals surface area contributed by atoms with E-state index in [4.69, 9.17) is 5.73 Å². The van der Waals surface area contributed by atoms with Crippen LogP contribution >= 0.6 is 0 Å². The molecule has 1 rings (SSSR count). The van der Waals surface area contributed by atoms with E-state index in [0.29, 0.717) is 6.54 Å². The lowest BCUT2D eigenvalue weighted by Gasteiger charge is -2.23. The Hall–Kier alpha value is -0.830. The molecule has 0 radical (unpaired) electrons. The number of unbranched alkanes of at least 4 members (excludes halogenated alkanes) is 1. The van der Waals surface area contributed by atoms with Crippen LogP contribution in [0.15, 0.2) is 12.2 Å². The summed E-state index contributed by atoms with van der Waals surface area (Å²) in [6.07, 6.45) is 3.86. The molecular formula is C10H18N2O. The van der Waals surface area contributed by atoms with Gasteiger partial charge in [-0.3, -0.25) is 4.79 Å². The van der Waals surface area contributed by atoms with Crippen LogP contribution in [0.1, 0.15) is 25.7 Å². The fourth-order valence-electron chi connectivity index (χ4n) is 1.64. The highest BCUT2D eigenvalue weighted by molar-refractivity contribution is 5.80. The number of piperidine rings is 1. The molecule has 1 heterocycles. The van der Waals surface area contributed by atoms with Gasteiger partial charge < -0.3 is 11.1 Å². The number of carbonyl (C=O) groups excluding carboxylic acids is 1. The van der Waals surface area contributed by atoms with Crippen LogP contribution in [0, 0.1) is 5.92 Å². The molecular weight excluding hydrogens is 164 g/mol. The topological polar surface area (TPSA) is 55.1 Å². The van der Waals surface area contributed by atoms with Crippen molar-refractivity contribution in [2.45, 2.75) is 25.7 Å². The average molecular weight is 182 g/mol. The number of hydrogen-bond acceptors (Lipinski definition) is 2. The van der Waals surface area contributed by atoms with Crippen molar-refractivity contribution in [1.29, 1.82) is 0 Å². The Morgan fingerprint density at radius 3 is 3.00 bits per heavy atom. The van der Waals surface area contributed by atoms with E-state index in [0.717, 1.165) is 37.8 Å². The first kappa shape index (κ1) is 10.3. The normalized spacial score (nSPS) is 23.0. The molecule has 1 saturated heterocycles. The van der Waals surface area contributed by atoms with Gasteiger partial charge in [0.05, 0.1) is 0 Å². The molecule has 3 N–H and O–H groups in total. The molecule has 1 unspecified atom stereocenters. The highest BCUT2D eigenvalue weighted by Gasteiger charge is 2.22. The van der Waals surface area contributed by atoms with E-state index < -0.39 is 0 Å². The Morgan fingerprint density at radius 1 is 1.54 bits per heavy atom. The van der Waals surface area contributed by atoms with Crippen molar-refractivity contribution in [3.8, 4) is 0 Å². The summed E-state index contributed by atoms with van der Waals surface area (Å²) in [4.78, 5) is 11.4. The lowest BCUT2D eigenvalue weighted by Crippen LogP contribution is -2.37. The molecule has 0 aromatic rings. The molecule has 1 aliphatic rings. The molecule has 0 spiro atoms. The summed E-state index contributed by atoms with van der Waals surface area (Å²) in [6.45, 7) is 5.26. The largest absolute Gasteiger partial charge is 0.352 e. The van der Waals surface area contributed by atoms with Gasteiger partial charge in [0.25, 0.3) is 0 Å². The first-order valence-corrected chi connectivity index (χ1v) is 4.88. The molecule has 74 valence electrons. The van der Waals surface area contributed by atoms with Crippen LogP contribution in [0.25, 0.3) is 0 Å². The van der Waals surface area contributed by atoms with Crippen LogP contribution < -0.4 is 11.1 Å². The molecule has 0 saturated carbocycles. The summed E-state index contributed by atoms with van der Waals surface area (Å²) < 4.78 is 0. The fourth-order valence-corrected chi connectivity index (χ4v) is 1.64. The Bertz CT molecular complexity index is 201. The number of amides is 1. The van der Waals surface area contributed by atoms with E-state index in [9.17, 15) is 4.79 Å². The standard InChI is InChI=1S/C10H18N2O/c1-8-6-9(4-2-3-5-11)10(13)12-7-8/h9H,1-7,11H2,(H,12,13). The van der Waals surface area contributed by atoms with Gasteiger partial charge in [-0.15, -0.1) is 0 Å². The van der Waals surface area contributed by atoms with Crippen molar-refractivity contribution in [3.63, 3.8) is 0 Å². The van der Waals surface area contributed by atoms with Crippen LogP contribution in [0.3, 0.4) is 0 Å². The second-order valence-corrected chi connectivity index (χ2v) is 3.65. The molecule has 0 bridgehead atoms. The van der Waals surface area contributed by atoms with E-state index in [-0.39, 0.29) is 11.8 Å². The van der Waals surface area contributed by atoms with Crippen LogP contribution in [0.2, 0.25) is 0 Å². The first-order chi connectivity index (χ1) is 6.24. The summed E-state index contributed by atoms with van der Waals surface area (Å²) in [6, 6.07) is 0. The monoisotopic (exact) mass is 182 g/mol. The smallest absolute Gasteiger partial charge is 0.223 e. The summed E-state index contributed by atoms with van der Waals surface area (Å²) in [5, 5.41) is 2.84. The second-order valence-electron chi connectivity index (χ2n) is 3.65. The highest BCUT2D eigenvalue weighted by Crippen LogP contribution is 2.20. The van der Waals surface area contributed by atoms with Crippen molar-refractivity contribution in [2.24, 2.45) is 11.7 Å². The first-order valence-electron chi connectivity index (χ1n) is 4.88. The Labute approximate surface area is 79.4 Å². The Kier molecular flexibility index (Phi) is 3.96. The zero-order chi connectivity index (χ0) is 9.68. The van der Waals surface area contributed by atoms with Crippen molar-refractivity contribution in [3.05, 3.63) is 12.2 Å². The molecule has 1 aliphatic heterocycles. The molecule has 1 amide bonds. The predicted octanol–water partition coefficient (Wildman–Crippen LogP) is 0.808. The van der Waals surface area contributed by atoms with Gasteiger partial charge in [0.15, 0.2) is 0 Å². The van der Waals surface area contributed by atoms with Crippen molar-refractivity contribution < 1.29 is 4.79 Å². The second kappa shape index (κ2) is 5.02. The van der Waals surface area contributed by atoms with Crippen LogP contribution in [-0.4, -0.2) is 19.0 Å².